The van der Waals surface area contributed by atoms with Gasteiger partial charge < -0.3 is 10.2 Å². The second-order valence-corrected chi connectivity index (χ2v) is 6.90. The second kappa shape index (κ2) is 6.88. The van der Waals surface area contributed by atoms with Gasteiger partial charge in [0, 0.05) is 0 Å². The number of hydrogen-bond acceptors (Lipinski definition) is 3. The van der Waals surface area contributed by atoms with Crippen molar-refractivity contribution < 1.29 is 15.0 Å². The minimum Gasteiger partial charge on any atom is -0.377 e. The molecule has 2 rings (SSSR count). The van der Waals surface area contributed by atoms with Crippen LogP contribution in [-0.4, -0.2) is 16.0 Å². The third-order valence-electron chi connectivity index (χ3n) is 4.79. The number of carbonyl (C=O) groups excluding carboxylic acids is 1. The molecule has 2 aromatic carbocycles. The molecule has 0 aliphatic rings. The van der Waals surface area contributed by atoms with Gasteiger partial charge in [0.05, 0.1) is 0 Å². The van der Waals surface area contributed by atoms with Crippen molar-refractivity contribution in [3.05, 3.63) is 71.8 Å². The highest BCUT2D eigenvalue weighted by molar-refractivity contribution is 5.96. The minimum atomic E-state index is -1.77. The molecular formula is C21H26O3. The lowest BCUT2D eigenvalue weighted by molar-refractivity contribution is -0.170. The first kappa shape index (κ1) is 18.4. The average Bonchev–Trinajstić information content (AvgIpc) is 2.60. The average molecular weight is 326 g/mol. The van der Waals surface area contributed by atoms with Gasteiger partial charge in [0.2, 0.25) is 5.78 Å². The highest BCUT2D eigenvalue weighted by Gasteiger charge is 2.53. The topological polar surface area (TPSA) is 57.5 Å². The molecule has 0 fully saturated rings. The van der Waals surface area contributed by atoms with E-state index in [1.54, 1.807) is 76.2 Å². The van der Waals surface area contributed by atoms with Crippen LogP contribution in [0.1, 0.15) is 38.8 Å². The van der Waals surface area contributed by atoms with Gasteiger partial charge in [0.1, 0.15) is 0 Å². The van der Waals surface area contributed by atoms with Gasteiger partial charge in [-0.1, -0.05) is 88.4 Å². The Bertz CT molecular complexity index is 619. The van der Waals surface area contributed by atoms with Crippen LogP contribution in [0.4, 0.5) is 0 Å². The van der Waals surface area contributed by atoms with E-state index in [1.165, 1.54) is 0 Å². The van der Waals surface area contributed by atoms with Crippen LogP contribution in [0.15, 0.2) is 60.7 Å². The van der Waals surface area contributed by atoms with Gasteiger partial charge in [-0.15, -0.1) is 0 Å². The summed E-state index contributed by atoms with van der Waals surface area (Å²) in [5.41, 5.74) is -2.54. The third kappa shape index (κ3) is 2.90. The lowest BCUT2D eigenvalue weighted by Gasteiger charge is -2.41. The van der Waals surface area contributed by atoms with Crippen LogP contribution in [0.5, 0.6) is 0 Å². The normalized spacial score (nSPS) is 16.7. The Hall–Kier alpha value is -1.97. The molecule has 0 radical (unpaired) electrons. The van der Waals surface area contributed by atoms with Gasteiger partial charge in [-0.3, -0.25) is 4.79 Å². The smallest absolute Gasteiger partial charge is 0.205 e. The molecule has 2 atom stereocenters. The summed E-state index contributed by atoms with van der Waals surface area (Å²) in [6.07, 6.45) is 0. The maximum absolute atomic E-state index is 13.5. The first-order chi connectivity index (χ1) is 11.3. The first-order valence-electron chi connectivity index (χ1n) is 8.36. The Balaban J connectivity index is 2.64. The number of ketones is 1. The van der Waals surface area contributed by atoms with Gasteiger partial charge in [-0.25, -0.2) is 0 Å². The maximum Gasteiger partial charge on any atom is 0.205 e. The van der Waals surface area contributed by atoms with Gasteiger partial charge in [0.15, 0.2) is 11.2 Å². The van der Waals surface area contributed by atoms with Crippen LogP contribution in [0, 0.1) is 11.8 Å². The van der Waals surface area contributed by atoms with E-state index >= 15 is 0 Å². The predicted octanol–water partition coefficient (Wildman–Crippen LogP) is 3.64. The molecule has 2 N–H and O–H groups in total. The van der Waals surface area contributed by atoms with Crippen LogP contribution < -0.4 is 0 Å². The molecule has 0 aliphatic carbocycles. The Kier molecular flexibility index (Phi) is 5.26. The number of aliphatic hydroxyl groups is 2. The fraction of sp³-hybridized carbons (Fsp3) is 0.381. The summed E-state index contributed by atoms with van der Waals surface area (Å²) in [5, 5.41) is 22.7. The van der Waals surface area contributed by atoms with E-state index in [-0.39, 0.29) is 11.8 Å². The van der Waals surface area contributed by atoms with Crippen molar-refractivity contribution in [2.45, 2.75) is 38.9 Å². The van der Waals surface area contributed by atoms with Crippen LogP contribution in [0.25, 0.3) is 0 Å². The Morgan fingerprint density at radius 1 is 0.708 bits per heavy atom. The van der Waals surface area contributed by atoms with E-state index in [0.29, 0.717) is 11.1 Å². The van der Waals surface area contributed by atoms with Crippen LogP contribution in [-0.2, 0) is 16.0 Å². The summed E-state index contributed by atoms with van der Waals surface area (Å²) in [7, 11) is 0. The lowest BCUT2D eigenvalue weighted by Crippen LogP contribution is -2.54. The summed E-state index contributed by atoms with van der Waals surface area (Å²) in [4.78, 5) is 13.5. The molecule has 0 saturated heterocycles. The van der Waals surface area contributed by atoms with Crippen molar-refractivity contribution in [2.75, 3.05) is 0 Å². The fourth-order valence-electron chi connectivity index (χ4n) is 3.13. The minimum absolute atomic E-state index is 0.388. The molecule has 0 bridgehead atoms. The molecule has 128 valence electrons. The molecule has 0 aliphatic heterocycles. The molecule has 0 spiro atoms. The molecule has 2 unspecified atom stereocenters. The number of benzene rings is 2. The van der Waals surface area contributed by atoms with E-state index in [1.807, 2.05) is 12.1 Å². The number of Topliss-reactive ketones (excluding diaryl/α,β-unsaturated/α-hetero) is 1. The monoisotopic (exact) mass is 326 g/mol. The Labute approximate surface area is 144 Å². The quantitative estimate of drug-likeness (QED) is 0.852. The maximum atomic E-state index is 13.5. The summed E-state index contributed by atoms with van der Waals surface area (Å²) < 4.78 is 0. The predicted molar refractivity (Wildman–Crippen MR) is 95.4 cm³/mol. The van der Waals surface area contributed by atoms with Gasteiger partial charge in [-0.05, 0) is 23.0 Å². The van der Waals surface area contributed by atoms with E-state index in [0.717, 1.165) is 0 Å². The number of hydrogen-bond donors (Lipinski definition) is 2. The van der Waals surface area contributed by atoms with Crippen LogP contribution >= 0.6 is 0 Å². The molecule has 24 heavy (non-hydrogen) atoms. The molecule has 0 amide bonds. The molecule has 3 nitrogen and oxygen atoms in total. The van der Waals surface area contributed by atoms with Crippen LogP contribution in [0.3, 0.4) is 0 Å². The number of carbonyl (C=O) groups is 1. The van der Waals surface area contributed by atoms with Gasteiger partial charge >= 0.3 is 0 Å². The Morgan fingerprint density at radius 2 is 1.00 bits per heavy atom. The first-order valence-corrected chi connectivity index (χ1v) is 8.36. The summed E-state index contributed by atoms with van der Waals surface area (Å²) in [6.45, 7) is 7.15. The SMILES string of the molecule is CC(C)C(O)(C(=O)C(O)(c1ccccc1)C(C)C)c1ccccc1. The number of rotatable bonds is 6. The molecule has 2 aromatic rings. The van der Waals surface area contributed by atoms with Crippen molar-refractivity contribution >= 4 is 5.78 Å². The second-order valence-electron chi connectivity index (χ2n) is 6.90. The van der Waals surface area contributed by atoms with E-state index in [2.05, 4.69) is 0 Å². The standard InChI is InChI=1S/C21H26O3/c1-15(2)20(23,17-11-7-5-8-12-17)19(22)21(24,16(3)4)18-13-9-6-10-14-18/h5-16,23-24H,1-4H3. The largest absolute Gasteiger partial charge is 0.377 e. The van der Waals surface area contributed by atoms with Crippen molar-refractivity contribution in [3.8, 4) is 0 Å². The molecular weight excluding hydrogens is 300 g/mol. The van der Waals surface area contributed by atoms with E-state index in [4.69, 9.17) is 0 Å². The van der Waals surface area contributed by atoms with Gasteiger partial charge in [0.25, 0.3) is 0 Å². The van der Waals surface area contributed by atoms with Crippen molar-refractivity contribution in [1.82, 2.24) is 0 Å². The third-order valence-corrected chi connectivity index (χ3v) is 4.79. The zero-order valence-electron chi connectivity index (χ0n) is 14.7. The molecule has 0 saturated carbocycles. The highest BCUT2D eigenvalue weighted by Crippen LogP contribution is 2.41. The van der Waals surface area contributed by atoms with Crippen molar-refractivity contribution in [3.63, 3.8) is 0 Å². The zero-order valence-corrected chi connectivity index (χ0v) is 14.7. The van der Waals surface area contributed by atoms with Gasteiger partial charge in [-0.2, -0.15) is 0 Å². The van der Waals surface area contributed by atoms with Crippen molar-refractivity contribution in [2.24, 2.45) is 11.8 Å². The zero-order chi connectivity index (χ0) is 18.0. The molecule has 3 heteroatoms. The van der Waals surface area contributed by atoms with E-state index in [9.17, 15) is 15.0 Å². The molecule has 0 aromatic heterocycles. The summed E-state index contributed by atoms with van der Waals surface area (Å²) in [5.74, 6) is -1.36. The lowest BCUT2D eigenvalue weighted by atomic mass is 9.68. The van der Waals surface area contributed by atoms with Crippen LogP contribution in [0.2, 0.25) is 0 Å². The highest BCUT2D eigenvalue weighted by atomic mass is 16.3. The van der Waals surface area contributed by atoms with Crippen molar-refractivity contribution in [1.29, 1.82) is 0 Å². The summed E-state index contributed by atoms with van der Waals surface area (Å²) >= 11 is 0. The molecule has 0 heterocycles. The Morgan fingerprint density at radius 3 is 1.25 bits per heavy atom. The summed E-state index contributed by atoms with van der Waals surface area (Å²) in [6, 6.07) is 17.7. The fourth-order valence-corrected chi connectivity index (χ4v) is 3.13. The van der Waals surface area contributed by atoms with E-state index < -0.39 is 17.0 Å².